The molecule has 0 unspecified atom stereocenters. The molecule has 0 saturated heterocycles. The second-order valence-corrected chi connectivity index (χ2v) is 1.77. The minimum absolute atomic E-state index is 0.613. The maximum atomic E-state index is 10.4. The minimum Gasteiger partial charge on any atom is -0.467 e. The lowest BCUT2D eigenvalue weighted by atomic mass is 10.2. The quantitative estimate of drug-likeness (QED) is 0.334. The van der Waals surface area contributed by atoms with Crippen LogP contribution in [0.15, 0.2) is 0 Å². The number of hydrogen-bond donors (Lipinski definition) is 2. The molecule has 0 aromatic rings. The molecule has 0 amide bonds. The molecule has 0 aliphatic carbocycles. The van der Waals surface area contributed by atoms with Gasteiger partial charge in [0.25, 0.3) is 0 Å². The van der Waals surface area contributed by atoms with Crippen LogP contribution in [-0.2, 0) is 9.53 Å². The largest absolute Gasteiger partial charge is 0.467 e. The first kappa shape index (κ1) is 7.39. The molecule has 4 nitrogen and oxygen atoms in total. The lowest BCUT2D eigenvalue weighted by Crippen LogP contribution is -2.54. The van der Waals surface area contributed by atoms with Crippen molar-refractivity contribution in [3.8, 4) is 0 Å². The number of esters is 1. The standard InChI is InChI=1S/C4H10N2O2/c1-4(5,6)3(7)8-2/h5-6H2,1-2H3. The third-order valence-corrected chi connectivity index (χ3v) is 0.625. The Hall–Kier alpha value is -0.610. The highest BCUT2D eigenvalue weighted by atomic mass is 16.5. The number of hydrogen-bond acceptors (Lipinski definition) is 4. The van der Waals surface area contributed by atoms with Gasteiger partial charge in [-0.05, 0) is 6.92 Å². The predicted molar refractivity (Wildman–Crippen MR) is 28.8 cm³/mol. The van der Waals surface area contributed by atoms with Crippen molar-refractivity contribution in [3.05, 3.63) is 0 Å². The van der Waals surface area contributed by atoms with E-state index in [4.69, 9.17) is 11.5 Å². The summed E-state index contributed by atoms with van der Waals surface area (Å²) in [6.07, 6.45) is 0. The van der Waals surface area contributed by atoms with Crippen LogP contribution in [0.1, 0.15) is 6.92 Å². The highest BCUT2D eigenvalue weighted by Crippen LogP contribution is 1.88. The topological polar surface area (TPSA) is 78.3 Å². The van der Waals surface area contributed by atoms with Crippen LogP contribution in [0.4, 0.5) is 0 Å². The molecule has 0 spiro atoms. The van der Waals surface area contributed by atoms with Gasteiger partial charge in [0.05, 0.1) is 7.11 Å². The molecule has 4 heteroatoms. The van der Waals surface area contributed by atoms with E-state index in [1.807, 2.05) is 0 Å². The van der Waals surface area contributed by atoms with Gasteiger partial charge in [0.15, 0.2) is 5.66 Å². The Kier molecular flexibility index (Phi) is 1.94. The van der Waals surface area contributed by atoms with Gasteiger partial charge in [-0.25, -0.2) is 4.79 Å². The first-order valence-corrected chi connectivity index (χ1v) is 2.14. The lowest BCUT2D eigenvalue weighted by Gasteiger charge is -2.13. The highest BCUT2D eigenvalue weighted by molar-refractivity contribution is 5.78. The first-order valence-electron chi connectivity index (χ1n) is 2.14. The van der Waals surface area contributed by atoms with E-state index in [9.17, 15) is 4.79 Å². The third-order valence-electron chi connectivity index (χ3n) is 0.625. The zero-order valence-electron chi connectivity index (χ0n) is 4.97. The van der Waals surface area contributed by atoms with Crippen molar-refractivity contribution in [2.45, 2.75) is 12.6 Å². The van der Waals surface area contributed by atoms with Gasteiger partial charge in [0, 0.05) is 0 Å². The molecule has 0 atom stereocenters. The molecule has 0 bridgehead atoms. The van der Waals surface area contributed by atoms with Crippen molar-refractivity contribution < 1.29 is 9.53 Å². The van der Waals surface area contributed by atoms with Crippen molar-refractivity contribution in [1.82, 2.24) is 0 Å². The average molecular weight is 118 g/mol. The van der Waals surface area contributed by atoms with Gasteiger partial charge < -0.3 is 16.2 Å². The smallest absolute Gasteiger partial charge is 0.340 e. The fourth-order valence-corrected chi connectivity index (χ4v) is 0.220. The maximum Gasteiger partial charge on any atom is 0.340 e. The number of carbonyl (C=O) groups excluding carboxylic acids is 1. The molecular formula is C4H10N2O2. The molecule has 0 heterocycles. The van der Waals surface area contributed by atoms with Crippen molar-refractivity contribution in [2.24, 2.45) is 11.5 Å². The van der Waals surface area contributed by atoms with Crippen LogP contribution < -0.4 is 11.5 Å². The van der Waals surface area contributed by atoms with E-state index in [1.54, 1.807) is 0 Å². The fourth-order valence-electron chi connectivity index (χ4n) is 0.220. The summed E-state index contributed by atoms with van der Waals surface area (Å²) < 4.78 is 4.23. The van der Waals surface area contributed by atoms with Crippen molar-refractivity contribution in [3.63, 3.8) is 0 Å². The molecule has 0 aliphatic rings. The van der Waals surface area contributed by atoms with Gasteiger partial charge in [0.1, 0.15) is 0 Å². The summed E-state index contributed by atoms with van der Waals surface area (Å²) in [5, 5.41) is 0. The monoisotopic (exact) mass is 118 g/mol. The Balaban J connectivity index is 3.82. The predicted octanol–water partition coefficient (Wildman–Crippen LogP) is -1.21. The van der Waals surface area contributed by atoms with Crippen molar-refractivity contribution in [1.29, 1.82) is 0 Å². The van der Waals surface area contributed by atoms with E-state index in [2.05, 4.69) is 4.74 Å². The molecule has 4 N–H and O–H groups in total. The molecule has 0 aromatic heterocycles. The van der Waals surface area contributed by atoms with Crippen LogP contribution in [0.2, 0.25) is 0 Å². The summed E-state index contributed by atoms with van der Waals surface area (Å²) in [4.78, 5) is 10.4. The van der Waals surface area contributed by atoms with E-state index in [0.29, 0.717) is 0 Å². The van der Waals surface area contributed by atoms with Crippen molar-refractivity contribution >= 4 is 5.97 Å². The van der Waals surface area contributed by atoms with E-state index >= 15 is 0 Å². The SMILES string of the molecule is COC(=O)C(C)(N)N. The van der Waals surface area contributed by atoms with E-state index < -0.39 is 11.6 Å². The van der Waals surface area contributed by atoms with Crippen LogP contribution in [-0.4, -0.2) is 18.7 Å². The Morgan fingerprint density at radius 2 is 2.00 bits per heavy atom. The van der Waals surface area contributed by atoms with Gasteiger partial charge in [0.2, 0.25) is 0 Å². The average Bonchev–Trinajstić information content (AvgIpc) is 1.62. The lowest BCUT2D eigenvalue weighted by molar-refractivity contribution is -0.146. The third kappa shape index (κ3) is 1.90. The zero-order valence-corrected chi connectivity index (χ0v) is 4.97. The van der Waals surface area contributed by atoms with E-state index in [-0.39, 0.29) is 0 Å². The summed E-state index contributed by atoms with van der Waals surface area (Å²) in [7, 11) is 1.24. The van der Waals surface area contributed by atoms with Crippen LogP contribution in [0.5, 0.6) is 0 Å². The maximum absolute atomic E-state index is 10.4. The molecule has 0 aromatic carbocycles. The zero-order chi connectivity index (χ0) is 6.78. The summed E-state index contributed by atoms with van der Waals surface area (Å²) in [6.45, 7) is 1.37. The number of nitrogens with two attached hydrogens (primary N) is 2. The minimum atomic E-state index is -1.35. The van der Waals surface area contributed by atoms with Gasteiger partial charge >= 0.3 is 5.97 Å². The number of rotatable bonds is 1. The summed E-state index contributed by atoms with van der Waals surface area (Å²) in [5.74, 6) is -0.613. The molecule has 0 saturated carbocycles. The molecule has 0 rings (SSSR count). The summed E-state index contributed by atoms with van der Waals surface area (Å²) >= 11 is 0. The number of carbonyl (C=O) groups is 1. The van der Waals surface area contributed by atoms with Crippen LogP contribution >= 0.6 is 0 Å². The Labute approximate surface area is 47.8 Å². The highest BCUT2D eigenvalue weighted by Gasteiger charge is 2.22. The van der Waals surface area contributed by atoms with Gasteiger partial charge in [-0.3, -0.25) is 0 Å². The molecular weight excluding hydrogens is 108 g/mol. The number of ether oxygens (including phenoxy) is 1. The molecule has 8 heavy (non-hydrogen) atoms. The summed E-state index contributed by atoms with van der Waals surface area (Å²) in [6, 6.07) is 0. The van der Waals surface area contributed by atoms with Crippen LogP contribution in [0, 0.1) is 0 Å². The van der Waals surface area contributed by atoms with Gasteiger partial charge in [-0.2, -0.15) is 0 Å². The van der Waals surface area contributed by atoms with Gasteiger partial charge in [-0.15, -0.1) is 0 Å². The van der Waals surface area contributed by atoms with Gasteiger partial charge in [-0.1, -0.05) is 0 Å². The van der Waals surface area contributed by atoms with E-state index in [1.165, 1.54) is 14.0 Å². The summed E-state index contributed by atoms with van der Waals surface area (Å²) in [5.41, 5.74) is 8.83. The molecule has 0 fully saturated rings. The first-order chi connectivity index (χ1) is 3.48. The molecule has 0 radical (unpaired) electrons. The number of methoxy groups -OCH3 is 1. The van der Waals surface area contributed by atoms with Crippen LogP contribution in [0.25, 0.3) is 0 Å². The Morgan fingerprint density at radius 3 is 2.00 bits per heavy atom. The van der Waals surface area contributed by atoms with E-state index in [0.717, 1.165) is 0 Å². The van der Waals surface area contributed by atoms with Crippen LogP contribution in [0.3, 0.4) is 0 Å². The fraction of sp³-hybridized carbons (Fsp3) is 0.750. The molecule has 48 valence electrons. The Bertz CT molecular complexity index is 94.7. The molecule has 0 aliphatic heterocycles. The second kappa shape index (κ2) is 2.11. The van der Waals surface area contributed by atoms with Crippen molar-refractivity contribution in [2.75, 3.05) is 7.11 Å². The second-order valence-electron chi connectivity index (χ2n) is 1.77. The Morgan fingerprint density at radius 1 is 1.62 bits per heavy atom. The normalized spacial score (nSPS) is 11.0.